The Morgan fingerprint density at radius 3 is 2.47 bits per heavy atom. The summed E-state index contributed by atoms with van der Waals surface area (Å²) < 4.78 is 4.68. The summed E-state index contributed by atoms with van der Waals surface area (Å²) >= 11 is 8.12. The van der Waals surface area contributed by atoms with E-state index in [1.807, 2.05) is 56.3 Å². The molecule has 0 aromatic heterocycles. The average Bonchev–Trinajstić information content (AvgIpc) is 3.63. The Kier molecular flexibility index (Phi) is 8.87. The lowest BCUT2D eigenvalue weighted by molar-refractivity contribution is -0.141. The number of nitrogens with one attached hydrogen (secondary N) is 2. The van der Waals surface area contributed by atoms with E-state index >= 15 is 0 Å². The third-order valence-corrected chi connectivity index (χ3v) is 11.9. The molecule has 0 radical (unpaired) electrons. The van der Waals surface area contributed by atoms with Crippen LogP contribution in [0.2, 0.25) is 5.02 Å². The van der Waals surface area contributed by atoms with Gasteiger partial charge in [0.25, 0.3) is 0 Å². The van der Waals surface area contributed by atoms with E-state index in [-0.39, 0.29) is 35.5 Å². The molecule has 10 heteroatoms. The van der Waals surface area contributed by atoms with Crippen molar-refractivity contribution in [2.75, 3.05) is 23.8 Å². The second-order valence-electron chi connectivity index (χ2n) is 12.2. The third-order valence-electron chi connectivity index (χ3n) is 9.56. The number of anilines is 2. The molecule has 3 unspecified atom stereocenters. The van der Waals surface area contributed by atoms with Crippen LogP contribution in [0, 0.1) is 24.7 Å². The number of hydrogen-bond acceptors (Lipinski definition) is 6. The number of aliphatic hydroxyl groups is 1. The predicted molar refractivity (Wildman–Crippen MR) is 178 cm³/mol. The standard InChI is InChI=1S/C35H38ClN3O5S/c1-4-44-25-15-13-23(14-16-25)37-32(41)28-27-17-21(3)35(45-27)29(28)34(43)39(24(19-40)18-22-10-6-5-7-11-22)31(35)33(42)38-30-20(2)9-8-12-26(30)36/h5-16,21,24,27-29,31,40H,4,17-19H2,1-3H3,(H,37,41)(H,38,42)/t21?,24-,27-,28+,29+,31?,35?/m1/s1. The summed E-state index contributed by atoms with van der Waals surface area (Å²) in [5.41, 5.74) is 2.85. The van der Waals surface area contributed by atoms with E-state index in [9.17, 15) is 19.5 Å². The maximum atomic E-state index is 14.7. The number of fused-ring (bicyclic) bond motifs is 1. The summed E-state index contributed by atoms with van der Waals surface area (Å²) in [5.74, 6) is -1.56. The van der Waals surface area contributed by atoms with Crippen molar-refractivity contribution in [3.05, 3.63) is 88.9 Å². The first-order chi connectivity index (χ1) is 21.7. The van der Waals surface area contributed by atoms with Gasteiger partial charge >= 0.3 is 0 Å². The van der Waals surface area contributed by atoms with Gasteiger partial charge in [-0.1, -0.05) is 61.0 Å². The van der Waals surface area contributed by atoms with Crippen molar-refractivity contribution in [2.24, 2.45) is 17.8 Å². The van der Waals surface area contributed by atoms with Crippen LogP contribution < -0.4 is 15.4 Å². The Balaban J connectivity index is 1.38. The van der Waals surface area contributed by atoms with Gasteiger partial charge in [0.05, 0.1) is 46.5 Å². The van der Waals surface area contributed by atoms with Gasteiger partial charge in [-0.15, -0.1) is 11.8 Å². The molecule has 0 aliphatic carbocycles. The van der Waals surface area contributed by atoms with Crippen LogP contribution in [-0.2, 0) is 20.8 Å². The Morgan fingerprint density at radius 2 is 1.80 bits per heavy atom. The summed E-state index contributed by atoms with van der Waals surface area (Å²) in [6.45, 7) is 6.06. The first-order valence-electron chi connectivity index (χ1n) is 15.4. The van der Waals surface area contributed by atoms with Crippen LogP contribution in [0.4, 0.5) is 11.4 Å². The second kappa shape index (κ2) is 12.7. The van der Waals surface area contributed by atoms with Gasteiger partial charge < -0.3 is 25.4 Å². The van der Waals surface area contributed by atoms with Gasteiger partial charge in [-0.3, -0.25) is 14.4 Å². The molecular weight excluding hydrogens is 610 g/mol. The maximum Gasteiger partial charge on any atom is 0.248 e. The quantitative estimate of drug-likeness (QED) is 0.266. The Hall–Kier alpha value is -3.53. The van der Waals surface area contributed by atoms with E-state index in [1.54, 1.807) is 47.0 Å². The van der Waals surface area contributed by atoms with Crippen LogP contribution in [-0.4, -0.2) is 63.0 Å². The number of aliphatic hydroxyl groups excluding tert-OH is 1. The molecule has 45 heavy (non-hydrogen) atoms. The zero-order valence-electron chi connectivity index (χ0n) is 25.5. The molecule has 0 saturated carbocycles. The summed E-state index contributed by atoms with van der Waals surface area (Å²) in [4.78, 5) is 44.8. The minimum absolute atomic E-state index is 0.0277. The topological polar surface area (TPSA) is 108 Å². The fourth-order valence-corrected chi connectivity index (χ4v) is 10.3. The number of rotatable bonds is 10. The van der Waals surface area contributed by atoms with E-state index < -0.39 is 28.7 Å². The molecule has 3 heterocycles. The van der Waals surface area contributed by atoms with Crippen LogP contribution in [0.1, 0.15) is 31.4 Å². The molecule has 3 fully saturated rings. The summed E-state index contributed by atoms with van der Waals surface area (Å²) in [6, 6.07) is 20.6. The second-order valence-corrected chi connectivity index (χ2v) is 14.1. The number of benzene rings is 3. The molecule has 7 atom stereocenters. The van der Waals surface area contributed by atoms with Crippen molar-refractivity contribution in [2.45, 2.75) is 55.7 Å². The zero-order chi connectivity index (χ0) is 31.9. The molecule has 3 saturated heterocycles. The molecular formula is C35H38ClN3O5S. The van der Waals surface area contributed by atoms with E-state index in [4.69, 9.17) is 16.3 Å². The highest BCUT2D eigenvalue weighted by Crippen LogP contribution is 2.69. The fraction of sp³-hybridized carbons (Fsp3) is 0.400. The van der Waals surface area contributed by atoms with Gasteiger partial charge in [0.2, 0.25) is 17.7 Å². The summed E-state index contributed by atoms with van der Waals surface area (Å²) in [5, 5.41) is 17.1. The number of hydrogen-bond donors (Lipinski definition) is 3. The zero-order valence-corrected chi connectivity index (χ0v) is 27.1. The van der Waals surface area contributed by atoms with Gasteiger partial charge in [-0.05, 0) is 74.1 Å². The Bertz CT molecular complexity index is 1570. The number of carbonyl (C=O) groups is 3. The Morgan fingerprint density at radius 1 is 1.07 bits per heavy atom. The molecule has 3 aliphatic heterocycles. The molecule has 3 aromatic rings. The van der Waals surface area contributed by atoms with E-state index in [0.717, 1.165) is 11.1 Å². The lowest BCUT2D eigenvalue weighted by Crippen LogP contribution is -2.57. The number of likely N-dealkylation sites (tertiary alicyclic amines) is 1. The van der Waals surface area contributed by atoms with E-state index in [2.05, 4.69) is 17.6 Å². The lowest BCUT2D eigenvalue weighted by Gasteiger charge is -2.40. The third kappa shape index (κ3) is 5.49. The average molecular weight is 648 g/mol. The highest BCUT2D eigenvalue weighted by Gasteiger charge is 2.76. The van der Waals surface area contributed by atoms with Crippen LogP contribution in [0.25, 0.3) is 0 Å². The number of amides is 3. The van der Waals surface area contributed by atoms with Crippen LogP contribution in [0.15, 0.2) is 72.8 Å². The number of carbonyl (C=O) groups excluding carboxylic acids is 3. The minimum Gasteiger partial charge on any atom is -0.494 e. The van der Waals surface area contributed by atoms with Crippen molar-refractivity contribution in [1.82, 2.24) is 4.90 Å². The predicted octanol–water partition coefficient (Wildman–Crippen LogP) is 5.57. The molecule has 8 nitrogen and oxygen atoms in total. The molecule has 3 N–H and O–H groups in total. The highest BCUT2D eigenvalue weighted by atomic mass is 35.5. The molecule has 2 bridgehead atoms. The van der Waals surface area contributed by atoms with Crippen LogP contribution in [0.3, 0.4) is 0 Å². The minimum atomic E-state index is -0.917. The SMILES string of the molecule is CCOc1ccc(NC(=O)[C@@H]2[C@H]3C(=O)N([C@@H](CO)Cc4ccccc4)C(C(=O)Nc4c(C)cccc4Cl)C34S[C@@H]2CC4C)cc1. The lowest BCUT2D eigenvalue weighted by atomic mass is 9.66. The van der Waals surface area contributed by atoms with Crippen molar-refractivity contribution in [3.8, 4) is 5.75 Å². The number of ether oxygens (including phenoxy) is 1. The number of aryl methyl sites for hydroxylation is 1. The van der Waals surface area contributed by atoms with E-state index in [1.165, 1.54) is 0 Å². The first-order valence-corrected chi connectivity index (χ1v) is 16.7. The largest absolute Gasteiger partial charge is 0.494 e. The number of para-hydroxylation sites is 1. The van der Waals surface area contributed by atoms with Gasteiger partial charge in [0.15, 0.2) is 0 Å². The molecule has 6 rings (SSSR count). The number of nitrogens with zero attached hydrogens (tertiary/aromatic N) is 1. The maximum absolute atomic E-state index is 14.7. The van der Waals surface area contributed by atoms with Gasteiger partial charge in [-0.25, -0.2) is 0 Å². The molecule has 236 valence electrons. The monoisotopic (exact) mass is 647 g/mol. The number of halogens is 1. The Labute approximate surface area is 272 Å². The number of thioether (sulfide) groups is 1. The molecule has 3 amide bonds. The van der Waals surface area contributed by atoms with E-state index in [0.29, 0.717) is 41.6 Å². The van der Waals surface area contributed by atoms with Crippen LogP contribution in [0.5, 0.6) is 5.75 Å². The van der Waals surface area contributed by atoms with Crippen molar-refractivity contribution < 1.29 is 24.2 Å². The first kappa shape index (κ1) is 31.5. The van der Waals surface area contributed by atoms with Crippen molar-refractivity contribution in [3.63, 3.8) is 0 Å². The summed E-state index contributed by atoms with van der Waals surface area (Å²) in [6.07, 6.45) is 1.06. The fourth-order valence-electron chi connectivity index (χ4n) is 7.60. The van der Waals surface area contributed by atoms with Gasteiger partial charge in [-0.2, -0.15) is 0 Å². The molecule has 1 spiro atoms. The molecule has 3 aliphatic rings. The normalized spacial score (nSPS) is 27.3. The smallest absolute Gasteiger partial charge is 0.248 e. The summed E-state index contributed by atoms with van der Waals surface area (Å²) in [7, 11) is 0. The molecule has 3 aromatic carbocycles. The van der Waals surface area contributed by atoms with Crippen molar-refractivity contribution in [1.29, 1.82) is 0 Å². The van der Waals surface area contributed by atoms with Gasteiger partial charge in [0.1, 0.15) is 11.8 Å². The highest BCUT2D eigenvalue weighted by molar-refractivity contribution is 8.02. The van der Waals surface area contributed by atoms with Crippen molar-refractivity contribution >= 4 is 52.5 Å². The van der Waals surface area contributed by atoms with Gasteiger partial charge in [0, 0.05) is 10.9 Å². The van der Waals surface area contributed by atoms with Crippen LogP contribution >= 0.6 is 23.4 Å².